The smallest absolute Gasteiger partial charge is 0.337 e. The van der Waals surface area contributed by atoms with Crippen molar-refractivity contribution in [1.29, 1.82) is 0 Å². The molecule has 2 heterocycles. The van der Waals surface area contributed by atoms with E-state index in [1.54, 1.807) is 20.8 Å². The summed E-state index contributed by atoms with van der Waals surface area (Å²) in [7, 11) is 0. The molecule has 0 aromatic carbocycles. The van der Waals surface area contributed by atoms with Crippen molar-refractivity contribution in [2.24, 2.45) is 0 Å². The Balaban J connectivity index is 2.62. The molecule has 24 heavy (non-hydrogen) atoms. The molecule has 0 spiro atoms. The van der Waals surface area contributed by atoms with E-state index in [1.165, 1.54) is 11.3 Å². The highest BCUT2D eigenvalue weighted by molar-refractivity contribution is 7.10. The number of nitrogens with one attached hydrogen (secondary N) is 1. The molecular weight excluding hydrogens is 330 g/mol. The van der Waals surface area contributed by atoms with Crippen molar-refractivity contribution in [3.05, 3.63) is 44.9 Å². The van der Waals surface area contributed by atoms with Gasteiger partial charge in [-0.2, -0.15) is 0 Å². The quantitative estimate of drug-likeness (QED) is 0.627. The summed E-state index contributed by atoms with van der Waals surface area (Å²) in [6.07, 6.45) is 0.568. The molecule has 0 bridgehead atoms. The van der Waals surface area contributed by atoms with Crippen LogP contribution in [0.1, 0.15) is 31.6 Å². The van der Waals surface area contributed by atoms with Crippen LogP contribution in [0, 0.1) is 0 Å². The van der Waals surface area contributed by atoms with Crippen LogP contribution in [0.3, 0.4) is 0 Å². The van der Waals surface area contributed by atoms with Crippen molar-refractivity contribution in [3.8, 4) is 0 Å². The first-order valence-corrected chi connectivity index (χ1v) is 8.47. The number of carbonyl (C=O) groups is 3. The van der Waals surface area contributed by atoms with E-state index < -0.39 is 17.9 Å². The average Bonchev–Trinajstić information content (AvgIpc) is 3.08. The van der Waals surface area contributed by atoms with E-state index >= 15 is 0 Å². The molecule has 0 fully saturated rings. The van der Waals surface area contributed by atoms with Crippen LogP contribution in [0.5, 0.6) is 0 Å². The molecule has 0 amide bonds. The van der Waals surface area contributed by atoms with Crippen molar-refractivity contribution in [3.63, 3.8) is 0 Å². The highest BCUT2D eigenvalue weighted by Gasteiger charge is 2.39. The van der Waals surface area contributed by atoms with Gasteiger partial charge in [0.1, 0.15) is 0 Å². The van der Waals surface area contributed by atoms with E-state index in [9.17, 15) is 14.4 Å². The summed E-state index contributed by atoms with van der Waals surface area (Å²) in [6.45, 7) is 5.46. The molecule has 1 aliphatic rings. The van der Waals surface area contributed by atoms with Gasteiger partial charge in [0.15, 0.2) is 6.29 Å². The molecule has 0 saturated carbocycles. The Labute approximate surface area is 144 Å². The summed E-state index contributed by atoms with van der Waals surface area (Å²) >= 11 is 1.39. The third kappa shape index (κ3) is 3.41. The Kier molecular flexibility index (Phi) is 5.92. The van der Waals surface area contributed by atoms with E-state index in [0.717, 1.165) is 4.88 Å². The van der Waals surface area contributed by atoms with Crippen LogP contribution >= 0.6 is 11.3 Å². The number of allylic oxidation sites excluding steroid dienone is 2. The molecule has 1 atom stereocenters. The van der Waals surface area contributed by atoms with Gasteiger partial charge in [-0.25, -0.2) is 9.59 Å². The standard InChI is InChI=1S/C17H19NO5S/c1-4-22-16(20)13-10(3)18-11(9-19)14(17(21)23-5-2)15(13)12-7-6-8-24-12/h6-9,15,18H,4-5H2,1-3H3/t15-/m1/s1. The zero-order valence-electron chi connectivity index (χ0n) is 13.8. The first kappa shape index (κ1) is 17.9. The number of ether oxygens (including phenoxy) is 2. The van der Waals surface area contributed by atoms with E-state index in [4.69, 9.17) is 9.47 Å². The van der Waals surface area contributed by atoms with Crippen molar-refractivity contribution in [2.45, 2.75) is 26.7 Å². The van der Waals surface area contributed by atoms with Gasteiger partial charge in [0, 0.05) is 10.6 Å². The van der Waals surface area contributed by atoms with Gasteiger partial charge in [0.05, 0.1) is 36.0 Å². The van der Waals surface area contributed by atoms with E-state index in [2.05, 4.69) is 5.32 Å². The molecule has 1 aliphatic heterocycles. The lowest BCUT2D eigenvalue weighted by Crippen LogP contribution is -2.33. The van der Waals surface area contributed by atoms with Crippen LogP contribution in [-0.4, -0.2) is 31.4 Å². The SMILES string of the molecule is CCOC(=O)C1=C(C)NC(C=O)=C(C(=O)OCC)[C@@H]1c1cccs1. The van der Waals surface area contributed by atoms with Crippen LogP contribution in [0.15, 0.2) is 40.1 Å². The number of esters is 2. The number of dihydropyridines is 1. The fraction of sp³-hybridized carbons (Fsp3) is 0.353. The van der Waals surface area contributed by atoms with Crippen molar-refractivity contribution in [1.82, 2.24) is 5.32 Å². The molecular formula is C17H19NO5S. The molecule has 1 aromatic rings. The third-order valence-corrected chi connectivity index (χ3v) is 4.47. The fourth-order valence-corrected chi connectivity index (χ4v) is 3.45. The van der Waals surface area contributed by atoms with Crippen LogP contribution in [0.25, 0.3) is 0 Å². The maximum atomic E-state index is 12.5. The lowest BCUT2D eigenvalue weighted by Gasteiger charge is -2.28. The Bertz CT molecular complexity index is 703. The topological polar surface area (TPSA) is 81.7 Å². The van der Waals surface area contributed by atoms with E-state index in [-0.39, 0.29) is 24.5 Å². The molecule has 0 radical (unpaired) electrons. The highest BCUT2D eigenvalue weighted by Crippen LogP contribution is 2.40. The summed E-state index contributed by atoms with van der Waals surface area (Å²) in [5.41, 5.74) is 1.04. The summed E-state index contributed by atoms with van der Waals surface area (Å²) in [5.74, 6) is -1.84. The fourth-order valence-electron chi connectivity index (χ4n) is 2.60. The number of aldehydes is 1. The maximum absolute atomic E-state index is 12.5. The van der Waals surface area contributed by atoms with Crippen molar-refractivity contribution < 1.29 is 23.9 Å². The zero-order valence-corrected chi connectivity index (χ0v) is 14.6. The molecule has 0 unspecified atom stereocenters. The van der Waals surface area contributed by atoms with Crippen LogP contribution < -0.4 is 5.32 Å². The van der Waals surface area contributed by atoms with Gasteiger partial charge in [0.25, 0.3) is 0 Å². The number of hydrogen-bond donors (Lipinski definition) is 1. The van der Waals surface area contributed by atoms with Gasteiger partial charge >= 0.3 is 11.9 Å². The first-order valence-electron chi connectivity index (χ1n) is 7.59. The van der Waals surface area contributed by atoms with Crippen molar-refractivity contribution >= 4 is 29.6 Å². The molecule has 7 heteroatoms. The lowest BCUT2D eigenvalue weighted by molar-refractivity contribution is -0.139. The second-order valence-electron chi connectivity index (χ2n) is 5.00. The Morgan fingerprint density at radius 3 is 2.33 bits per heavy atom. The largest absolute Gasteiger partial charge is 0.463 e. The van der Waals surface area contributed by atoms with Crippen LogP contribution in [-0.2, 0) is 23.9 Å². The Morgan fingerprint density at radius 1 is 1.21 bits per heavy atom. The number of rotatable bonds is 6. The zero-order chi connectivity index (χ0) is 17.7. The minimum absolute atomic E-state index is 0.109. The molecule has 0 saturated heterocycles. The summed E-state index contributed by atoms with van der Waals surface area (Å²) in [4.78, 5) is 37.2. The minimum atomic E-state index is -0.690. The number of carbonyl (C=O) groups excluding carboxylic acids is 3. The van der Waals surface area contributed by atoms with Gasteiger partial charge in [0.2, 0.25) is 0 Å². The van der Waals surface area contributed by atoms with E-state index in [0.29, 0.717) is 17.6 Å². The summed E-state index contributed by atoms with van der Waals surface area (Å²) in [5, 5.41) is 4.68. The molecule has 2 rings (SSSR count). The second-order valence-corrected chi connectivity index (χ2v) is 5.98. The normalized spacial score (nSPS) is 17.4. The Hall–Kier alpha value is -2.41. The average molecular weight is 349 g/mol. The lowest BCUT2D eigenvalue weighted by atomic mass is 9.84. The second kappa shape index (κ2) is 7.92. The van der Waals surface area contributed by atoms with Gasteiger partial charge in [-0.1, -0.05) is 6.07 Å². The number of hydrogen-bond acceptors (Lipinski definition) is 7. The predicted octanol–water partition coefficient (Wildman–Crippen LogP) is 2.29. The van der Waals surface area contributed by atoms with Crippen molar-refractivity contribution in [2.75, 3.05) is 13.2 Å². The Morgan fingerprint density at radius 2 is 1.83 bits per heavy atom. The van der Waals surface area contributed by atoms with Gasteiger partial charge in [-0.3, -0.25) is 4.79 Å². The van der Waals surface area contributed by atoms with Crippen LogP contribution in [0.2, 0.25) is 0 Å². The molecule has 0 aliphatic carbocycles. The van der Waals surface area contributed by atoms with Crippen LogP contribution in [0.4, 0.5) is 0 Å². The monoisotopic (exact) mass is 349 g/mol. The number of thiophene rings is 1. The molecule has 128 valence electrons. The van der Waals surface area contributed by atoms with E-state index in [1.807, 2.05) is 17.5 Å². The molecule has 1 N–H and O–H groups in total. The first-order chi connectivity index (χ1) is 11.5. The van der Waals surface area contributed by atoms with Gasteiger partial charge < -0.3 is 14.8 Å². The predicted molar refractivity (Wildman–Crippen MR) is 89.3 cm³/mol. The molecule has 1 aromatic heterocycles. The molecule has 6 nitrogen and oxygen atoms in total. The maximum Gasteiger partial charge on any atom is 0.337 e. The third-order valence-electron chi connectivity index (χ3n) is 3.53. The van der Waals surface area contributed by atoms with Gasteiger partial charge in [-0.15, -0.1) is 11.3 Å². The van der Waals surface area contributed by atoms with Gasteiger partial charge in [-0.05, 0) is 32.2 Å². The summed E-state index contributed by atoms with van der Waals surface area (Å²) < 4.78 is 10.2. The summed E-state index contributed by atoms with van der Waals surface area (Å²) in [6, 6.07) is 3.64. The highest BCUT2D eigenvalue weighted by atomic mass is 32.1. The minimum Gasteiger partial charge on any atom is -0.463 e.